The van der Waals surface area contributed by atoms with Crippen molar-refractivity contribution in [1.82, 2.24) is 0 Å². The van der Waals surface area contributed by atoms with Gasteiger partial charge in [-0.2, -0.15) is 0 Å². The molecule has 0 rings (SSSR count). The molecule has 7 heteroatoms. The van der Waals surface area contributed by atoms with Crippen LogP contribution in [-0.2, 0) is 0 Å². The van der Waals surface area contributed by atoms with Crippen LogP contribution in [0.5, 0.6) is 0 Å². The summed E-state index contributed by atoms with van der Waals surface area (Å²) in [4.78, 5) is 0. The van der Waals surface area contributed by atoms with Gasteiger partial charge in [0.1, 0.15) is 0 Å². The minimum atomic E-state index is -4.89. The molecule has 0 fully saturated rings. The molecule has 0 nitrogen and oxygen atoms in total. The van der Waals surface area contributed by atoms with Crippen LogP contribution in [0.15, 0.2) is 10.4 Å². The number of rotatable bonds is 3. The Morgan fingerprint density at radius 1 is 1.00 bits per heavy atom. The van der Waals surface area contributed by atoms with Crippen molar-refractivity contribution in [2.45, 2.75) is 36.6 Å². The van der Waals surface area contributed by atoms with Crippen molar-refractivity contribution < 1.29 is 26.3 Å². The monoisotopic (exact) mass is 296 g/mol. The van der Waals surface area contributed by atoms with Crippen LogP contribution in [0.1, 0.15) is 13.8 Å². The van der Waals surface area contributed by atoms with Gasteiger partial charge in [-0.25, -0.2) is 0 Å². The van der Waals surface area contributed by atoms with E-state index in [1.807, 2.05) is 0 Å². The van der Waals surface area contributed by atoms with E-state index in [4.69, 9.17) is 0 Å². The minimum absolute atomic E-state index is 0.185. The van der Waals surface area contributed by atoms with E-state index in [-0.39, 0.29) is 10.4 Å². The number of hydrogen-bond donors (Lipinski definition) is 0. The Morgan fingerprint density at radius 2 is 1.40 bits per heavy atom. The second kappa shape index (κ2) is 5.28. The number of hydrogen-bond acceptors (Lipinski definition) is 0. The molecule has 0 atom stereocenters. The average Bonchev–Trinajstić information content (AvgIpc) is 2.01. The van der Waals surface area contributed by atoms with Gasteiger partial charge in [-0.3, -0.25) is 0 Å². The molecule has 0 saturated heterocycles. The van der Waals surface area contributed by atoms with Crippen molar-refractivity contribution in [2.75, 3.05) is 0 Å². The second-order valence-corrected chi connectivity index (χ2v) is 8.67. The van der Waals surface area contributed by atoms with Crippen molar-refractivity contribution in [3.05, 3.63) is 10.4 Å². The Bertz CT molecular complexity index is 222. The maximum absolute atomic E-state index is 12.3. The molecular formula is C8H11AsF6. The average molecular weight is 296 g/mol. The summed E-state index contributed by atoms with van der Waals surface area (Å²) in [5.74, 6) is 0. The third kappa shape index (κ3) is 5.49. The summed E-state index contributed by atoms with van der Waals surface area (Å²) in [7, 11) is 0. The SMILES string of the molecule is CC[As](CC)/C(=C\C(F)(F)F)C(F)(F)F. The zero-order valence-electron chi connectivity index (χ0n) is 8.21. The Labute approximate surface area is 88.6 Å². The summed E-state index contributed by atoms with van der Waals surface area (Å²) in [5.41, 5.74) is 0. The van der Waals surface area contributed by atoms with Crippen molar-refractivity contribution in [3.63, 3.8) is 0 Å². The molecule has 0 saturated carbocycles. The first-order chi connectivity index (χ1) is 6.61. The van der Waals surface area contributed by atoms with Crippen LogP contribution in [-0.4, -0.2) is 27.0 Å². The molecule has 0 aliphatic carbocycles. The van der Waals surface area contributed by atoms with Crippen LogP contribution in [0.3, 0.4) is 0 Å². The number of alkyl halides is 6. The summed E-state index contributed by atoms with van der Waals surface area (Å²) in [6, 6.07) is 0. The van der Waals surface area contributed by atoms with E-state index in [2.05, 4.69) is 0 Å². The zero-order chi connectivity index (χ0) is 12.3. The first kappa shape index (κ1) is 14.9. The Balaban J connectivity index is 5.15. The number of halogens is 6. The molecule has 0 aliphatic heterocycles. The van der Waals surface area contributed by atoms with Crippen LogP contribution in [0.2, 0.25) is 10.4 Å². The molecule has 0 radical (unpaired) electrons. The topological polar surface area (TPSA) is 0 Å². The molecule has 0 heterocycles. The summed E-state index contributed by atoms with van der Waals surface area (Å²) < 4.78 is 71.4. The van der Waals surface area contributed by atoms with Gasteiger partial charge < -0.3 is 0 Å². The van der Waals surface area contributed by atoms with E-state index in [9.17, 15) is 26.3 Å². The fourth-order valence-corrected chi connectivity index (χ4v) is 4.88. The molecule has 0 aromatic carbocycles. The van der Waals surface area contributed by atoms with E-state index in [0.717, 1.165) is 0 Å². The molecular weight excluding hydrogens is 285 g/mol. The van der Waals surface area contributed by atoms with Gasteiger partial charge in [-0.15, -0.1) is 0 Å². The zero-order valence-corrected chi connectivity index (χ0v) is 10.1. The van der Waals surface area contributed by atoms with Gasteiger partial charge in [-0.1, -0.05) is 0 Å². The third-order valence-electron chi connectivity index (χ3n) is 1.69. The van der Waals surface area contributed by atoms with E-state index in [0.29, 0.717) is 0 Å². The van der Waals surface area contributed by atoms with Crippen LogP contribution in [0.25, 0.3) is 0 Å². The van der Waals surface area contributed by atoms with Gasteiger partial charge in [0, 0.05) is 0 Å². The molecule has 0 amide bonds. The van der Waals surface area contributed by atoms with Gasteiger partial charge in [0.25, 0.3) is 0 Å². The molecule has 0 unspecified atom stereocenters. The van der Waals surface area contributed by atoms with Gasteiger partial charge in [0.05, 0.1) is 0 Å². The molecule has 0 spiro atoms. The Hall–Kier alpha value is -0.122. The van der Waals surface area contributed by atoms with Crippen LogP contribution in [0, 0.1) is 0 Å². The van der Waals surface area contributed by atoms with E-state index < -0.39 is 37.4 Å². The molecule has 15 heavy (non-hydrogen) atoms. The van der Waals surface area contributed by atoms with E-state index in [1.54, 1.807) is 0 Å². The van der Waals surface area contributed by atoms with Crippen molar-refractivity contribution in [1.29, 1.82) is 0 Å². The number of allylic oxidation sites excluding steroid dienone is 2. The fourth-order valence-electron chi connectivity index (χ4n) is 1.07. The summed E-state index contributed by atoms with van der Waals surface area (Å²) in [6.45, 7) is 3.00. The fraction of sp³-hybridized carbons (Fsp3) is 0.750. The van der Waals surface area contributed by atoms with E-state index >= 15 is 0 Å². The van der Waals surface area contributed by atoms with Gasteiger partial charge in [0.15, 0.2) is 0 Å². The second-order valence-electron chi connectivity index (χ2n) is 2.74. The molecule has 0 aromatic rings. The van der Waals surface area contributed by atoms with Crippen LogP contribution < -0.4 is 0 Å². The summed E-state index contributed by atoms with van der Waals surface area (Å²) in [5, 5.41) is 0.371. The normalized spacial score (nSPS) is 14.9. The van der Waals surface area contributed by atoms with Crippen molar-refractivity contribution in [3.8, 4) is 0 Å². The third-order valence-corrected chi connectivity index (χ3v) is 7.13. The summed E-state index contributed by atoms with van der Waals surface area (Å²) in [6.07, 6.45) is -10.3. The maximum atomic E-state index is 12.3. The predicted octanol–water partition coefficient (Wildman–Crippen LogP) is 4.11. The Morgan fingerprint density at radius 3 is 1.60 bits per heavy atom. The predicted molar refractivity (Wildman–Crippen MR) is 46.9 cm³/mol. The van der Waals surface area contributed by atoms with Crippen molar-refractivity contribution in [2.24, 2.45) is 0 Å². The molecule has 0 bridgehead atoms. The van der Waals surface area contributed by atoms with Gasteiger partial charge in [-0.05, 0) is 0 Å². The molecule has 0 aliphatic rings. The van der Waals surface area contributed by atoms with Crippen LogP contribution in [0.4, 0.5) is 26.3 Å². The van der Waals surface area contributed by atoms with Crippen LogP contribution >= 0.6 is 0 Å². The molecule has 0 N–H and O–H groups in total. The molecule has 0 aromatic heterocycles. The van der Waals surface area contributed by atoms with Crippen molar-refractivity contribution >= 4 is 14.7 Å². The van der Waals surface area contributed by atoms with Gasteiger partial charge >= 0.3 is 88.0 Å². The Kier molecular flexibility index (Phi) is 5.24. The molecule has 90 valence electrons. The quantitative estimate of drug-likeness (QED) is 0.543. The van der Waals surface area contributed by atoms with E-state index in [1.165, 1.54) is 13.8 Å². The first-order valence-electron chi connectivity index (χ1n) is 4.23. The standard InChI is InChI=1S/C8H11AsF6/c1-3-9(4-2)6(8(13,14)15)5-7(10,11)12/h5H,3-4H2,1-2H3/b6-5-. The summed E-state index contributed by atoms with van der Waals surface area (Å²) >= 11 is -2.59. The van der Waals surface area contributed by atoms with Gasteiger partial charge in [0.2, 0.25) is 0 Å². The first-order valence-corrected chi connectivity index (χ1v) is 7.82.